The molecule has 4 N–H and O–H groups in total. The van der Waals surface area contributed by atoms with Gasteiger partial charge in [0.05, 0.1) is 25.3 Å². The summed E-state index contributed by atoms with van der Waals surface area (Å²) in [6, 6.07) is -0.814. The largest absolute Gasteiger partial charge is 0.394 e. The molecule has 0 saturated heterocycles. The van der Waals surface area contributed by atoms with Crippen LogP contribution in [0.25, 0.3) is 0 Å². The average molecular weight is 328 g/mol. The molecule has 0 aromatic rings. The lowest BCUT2D eigenvalue weighted by Crippen LogP contribution is -2.55. The first-order valence-electron chi connectivity index (χ1n) is 8.54. The Balaban J connectivity index is 3.13. The van der Waals surface area contributed by atoms with Gasteiger partial charge in [-0.1, -0.05) is 27.7 Å². The number of aliphatic hydroxyl groups is 2. The molecule has 0 aliphatic heterocycles. The molecule has 2 unspecified atom stereocenters. The third kappa shape index (κ3) is 4.67. The zero-order valence-corrected chi connectivity index (χ0v) is 14.8. The van der Waals surface area contributed by atoms with Crippen LogP contribution in [0.2, 0.25) is 0 Å². The van der Waals surface area contributed by atoms with Crippen LogP contribution in [-0.2, 0) is 9.59 Å². The average Bonchev–Trinajstić information content (AvgIpc) is 3.25. The van der Waals surface area contributed by atoms with Crippen LogP contribution in [0.4, 0.5) is 0 Å². The van der Waals surface area contributed by atoms with Gasteiger partial charge in [0.25, 0.3) is 0 Å². The van der Waals surface area contributed by atoms with Crippen molar-refractivity contribution in [2.24, 2.45) is 23.0 Å². The van der Waals surface area contributed by atoms with Crippen LogP contribution >= 0.6 is 0 Å². The number of hydrogen-bond acceptors (Lipinski definition) is 4. The monoisotopic (exact) mass is 328 g/mol. The fourth-order valence-electron chi connectivity index (χ4n) is 3.21. The van der Waals surface area contributed by atoms with Crippen molar-refractivity contribution in [3.05, 3.63) is 0 Å². The second kappa shape index (κ2) is 8.11. The first kappa shape index (κ1) is 19.9. The Kier molecular flexibility index (Phi) is 7.02. The number of nitrogens with two attached hydrogens (primary N) is 1. The third-order valence-corrected chi connectivity index (χ3v) is 4.56. The summed E-state index contributed by atoms with van der Waals surface area (Å²) in [6.07, 6.45) is 2.14. The molecule has 0 aromatic heterocycles. The second-order valence-electron chi connectivity index (χ2n) is 7.59. The fraction of sp³-hybridized carbons (Fsp3) is 0.882. The molecule has 2 amide bonds. The van der Waals surface area contributed by atoms with Crippen LogP contribution in [0.15, 0.2) is 0 Å². The predicted octanol–water partition coefficient (Wildman–Crippen LogP) is 0.894. The number of aliphatic hydroxyl groups excluding tert-OH is 2. The zero-order valence-electron chi connectivity index (χ0n) is 14.8. The van der Waals surface area contributed by atoms with Crippen LogP contribution in [0.1, 0.15) is 53.4 Å². The summed E-state index contributed by atoms with van der Waals surface area (Å²) in [4.78, 5) is 26.3. The molecule has 1 saturated carbocycles. The lowest BCUT2D eigenvalue weighted by molar-refractivity contribution is -0.150. The zero-order chi connectivity index (χ0) is 17.8. The van der Waals surface area contributed by atoms with E-state index < -0.39 is 23.4 Å². The molecule has 1 aliphatic rings. The number of primary amides is 1. The smallest absolute Gasteiger partial charge is 0.238 e. The van der Waals surface area contributed by atoms with Crippen molar-refractivity contribution >= 4 is 11.8 Å². The van der Waals surface area contributed by atoms with Gasteiger partial charge in [-0.15, -0.1) is 0 Å². The molecule has 1 fully saturated rings. The third-order valence-electron chi connectivity index (χ3n) is 4.56. The van der Waals surface area contributed by atoms with E-state index in [9.17, 15) is 19.8 Å². The van der Waals surface area contributed by atoms with Gasteiger partial charge in [-0.05, 0) is 37.5 Å². The highest BCUT2D eigenvalue weighted by molar-refractivity contribution is 6.07. The molecular formula is C17H32N2O4. The maximum absolute atomic E-state index is 13.0. The van der Waals surface area contributed by atoms with Crippen molar-refractivity contribution in [1.29, 1.82) is 0 Å². The quantitative estimate of drug-likeness (QED) is 0.518. The minimum absolute atomic E-state index is 0.187. The van der Waals surface area contributed by atoms with E-state index in [1.807, 2.05) is 27.7 Å². The predicted molar refractivity (Wildman–Crippen MR) is 88.4 cm³/mol. The first-order valence-corrected chi connectivity index (χ1v) is 8.54. The number of rotatable bonds is 10. The van der Waals surface area contributed by atoms with Gasteiger partial charge < -0.3 is 20.8 Å². The number of hydrogen-bond donors (Lipinski definition) is 3. The lowest BCUT2D eigenvalue weighted by Gasteiger charge is -2.40. The van der Waals surface area contributed by atoms with Gasteiger partial charge in [0, 0.05) is 0 Å². The fourth-order valence-corrected chi connectivity index (χ4v) is 3.21. The number of nitrogens with zero attached hydrogens (tertiary/aromatic N) is 1. The molecule has 23 heavy (non-hydrogen) atoms. The van der Waals surface area contributed by atoms with Crippen molar-refractivity contribution in [2.45, 2.75) is 65.5 Å². The van der Waals surface area contributed by atoms with Crippen molar-refractivity contribution < 1.29 is 19.8 Å². The van der Waals surface area contributed by atoms with Crippen LogP contribution in [-0.4, -0.2) is 52.2 Å². The highest BCUT2D eigenvalue weighted by Gasteiger charge is 2.58. The van der Waals surface area contributed by atoms with E-state index in [0.29, 0.717) is 25.7 Å². The Morgan fingerprint density at radius 1 is 1.00 bits per heavy atom. The van der Waals surface area contributed by atoms with Gasteiger partial charge in [0.2, 0.25) is 11.8 Å². The Labute approximate surface area is 139 Å². The minimum atomic E-state index is -1.13. The molecule has 6 nitrogen and oxygen atoms in total. The van der Waals surface area contributed by atoms with E-state index in [-0.39, 0.29) is 31.0 Å². The normalized spacial score (nSPS) is 18.8. The topological polar surface area (TPSA) is 104 Å². The molecule has 2 atom stereocenters. The lowest BCUT2D eigenvalue weighted by atomic mass is 9.94. The second-order valence-corrected chi connectivity index (χ2v) is 7.59. The highest BCUT2D eigenvalue weighted by atomic mass is 16.3. The summed E-state index contributed by atoms with van der Waals surface area (Å²) in [7, 11) is 0. The van der Waals surface area contributed by atoms with E-state index >= 15 is 0 Å². The summed E-state index contributed by atoms with van der Waals surface area (Å²) >= 11 is 0. The first-order chi connectivity index (χ1) is 10.7. The van der Waals surface area contributed by atoms with Crippen molar-refractivity contribution in [1.82, 2.24) is 4.90 Å². The standard InChI is InChI=1S/C17H32N2O4/c1-11(2)7-13(9-20)19(14(10-21)8-12(3)4)16(23)17(5-6-17)15(18)22/h11-14,20-21H,5-10H2,1-4H3,(H2,18,22). The van der Waals surface area contributed by atoms with Crippen LogP contribution < -0.4 is 5.73 Å². The summed E-state index contributed by atoms with van der Waals surface area (Å²) in [6.45, 7) is 7.69. The van der Waals surface area contributed by atoms with E-state index in [1.165, 1.54) is 0 Å². The Bertz CT molecular complexity index is 401. The van der Waals surface area contributed by atoms with E-state index in [4.69, 9.17) is 5.73 Å². The molecule has 0 bridgehead atoms. The number of amides is 2. The number of carbonyl (C=O) groups is 2. The van der Waals surface area contributed by atoms with E-state index in [0.717, 1.165) is 0 Å². The van der Waals surface area contributed by atoms with Gasteiger partial charge in [-0.2, -0.15) is 0 Å². The maximum atomic E-state index is 13.0. The summed E-state index contributed by atoms with van der Waals surface area (Å²) < 4.78 is 0. The molecule has 0 spiro atoms. The van der Waals surface area contributed by atoms with Gasteiger partial charge in [-0.3, -0.25) is 9.59 Å². The summed E-state index contributed by atoms with van der Waals surface area (Å²) in [5.74, 6) is -0.367. The summed E-state index contributed by atoms with van der Waals surface area (Å²) in [5, 5.41) is 19.6. The minimum Gasteiger partial charge on any atom is -0.394 e. The van der Waals surface area contributed by atoms with Crippen molar-refractivity contribution in [3.63, 3.8) is 0 Å². The molecular weight excluding hydrogens is 296 g/mol. The maximum Gasteiger partial charge on any atom is 0.238 e. The Morgan fingerprint density at radius 3 is 1.61 bits per heavy atom. The molecule has 1 aliphatic carbocycles. The van der Waals surface area contributed by atoms with Crippen molar-refractivity contribution in [3.8, 4) is 0 Å². The molecule has 0 radical (unpaired) electrons. The molecule has 6 heteroatoms. The van der Waals surface area contributed by atoms with Gasteiger partial charge >= 0.3 is 0 Å². The Morgan fingerprint density at radius 2 is 1.39 bits per heavy atom. The van der Waals surface area contributed by atoms with E-state index in [2.05, 4.69) is 0 Å². The van der Waals surface area contributed by atoms with Crippen LogP contribution in [0.3, 0.4) is 0 Å². The highest BCUT2D eigenvalue weighted by Crippen LogP contribution is 2.48. The van der Waals surface area contributed by atoms with Gasteiger partial charge in [0.1, 0.15) is 5.41 Å². The molecule has 134 valence electrons. The number of carbonyl (C=O) groups excluding carboxylic acids is 2. The Hall–Kier alpha value is -1.14. The van der Waals surface area contributed by atoms with Gasteiger partial charge in [-0.25, -0.2) is 0 Å². The van der Waals surface area contributed by atoms with Gasteiger partial charge in [0.15, 0.2) is 0 Å². The van der Waals surface area contributed by atoms with Crippen molar-refractivity contribution in [2.75, 3.05) is 13.2 Å². The summed E-state index contributed by atoms with van der Waals surface area (Å²) in [5.41, 5.74) is 4.32. The van der Waals surface area contributed by atoms with Crippen LogP contribution in [0.5, 0.6) is 0 Å². The molecule has 1 rings (SSSR count). The molecule has 0 aromatic carbocycles. The van der Waals surface area contributed by atoms with Crippen LogP contribution in [0, 0.1) is 17.3 Å². The van der Waals surface area contributed by atoms with E-state index in [1.54, 1.807) is 4.90 Å². The molecule has 0 heterocycles. The SMILES string of the molecule is CC(C)CC(CO)N(C(=O)C1(C(N)=O)CC1)C(CO)CC(C)C.